The van der Waals surface area contributed by atoms with Crippen LogP contribution in [0.25, 0.3) is 10.8 Å². The molecular formula is C30H26O5. The van der Waals surface area contributed by atoms with Crippen molar-refractivity contribution in [3.8, 4) is 0 Å². The lowest BCUT2D eigenvalue weighted by Crippen LogP contribution is -2.33. The Bertz CT molecular complexity index is 1230. The predicted octanol–water partition coefficient (Wildman–Crippen LogP) is 5.62. The zero-order valence-corrected chi connectivity index (χ0v) is 19.2. The van der Waals surface area contributed by atoms with Crippen molar-refractivity contribution in [2.24, 2.45) is 5.92 Å². The molecule has 4 rings (SSSR count). The van der Waals surface area contributed by atoms with Gasteiger partial charge in [-0.25, -0.2) is 0 Å². The van der Waals surface area contributed by atoms with Gasteiger partial charge in [-0.1, -0.05) is 103 Å². The summed E-state index contributed by atoms with van der Waals surface area (Å²) in [5, 5.41) is 1.98. The number of fused-ring (bicyclic) bond motifs is 1. The third kappa shape index (κ3) is 6.21. The normalized spacial score (nSPS) is 11.7. The molecule has 0 bridgehead atoms. The molecule has 1 atom stereocenters. The monoisotopic (exact) mass is 466 g/mol. The first-order chi connectivity index (χ1) is 17.2. The molecule has 4 aromatic rings. The van der Waals surface area contributed by atoms with Crippen molar-refractivity contribution < 1.29 is 23.9 Å². The van der Waals surface area contributed by atoms with E-state index in [0.717, 1.165) is 28.2 Å². The van der Waals surface area contributed by atoms with Crippen LogP contribution in [0.1, 0.15) is 29.0 Å². The average molecular weight is 467 g/mol. The van der Waals surface area contributed by atoms with E-state index < -0.39 is 23.8 Å². The fourth-order valence-corrected chi connectivity index (χ4v) is 4.07. The zero-order chi connectivity index (χ0) is 24.5. The lowest BCUT2D eigenvalue weighted by molar-refractivity contribution is -0.165. The van der Waals surface area contributed by atoms with E-state index in [1.54, 1.807) is 0 Å². The molecule has 0 aliphatic heterocycles. The number of rotatable bonds is 10. The van der Waals surface area contributed by atoms with E-state index in [0.29, 0.717) is 5.56 Å². The largest absolute Gasteiger partial charge is 0.460 e. The average Bonchev–Trinajstić information content (AvgIpc) is 2.91. The Morgan fingerprint density at radius 2 is 1.17 bits per heavy atom. The lowest BCUT2D eigenvalue weighted by Gasteiger charge is -2.24. The molecule has 5 nitrogen and oxygen atoms in total. The van der Waals surface area contributed by atoms with Gasteiger partial charge in [0.05, 0.1) is 0 Å². The highest BCUT2D eigenvalue weighted by molar-refractivity contribution is 5.96. The van der Waals surface area contributed by atoms with Crippen LogP contribution in [0, 0.1) is 5.92 Å². The molecule has 35 heavy (non-hydrogen) atoms. The minimum atomic E-state index is -1.28. The minimum absolute atomic E-state index is 0.0215. The van der Waals surface area contributed by atoms with Crippen molar-refractivity contribution in [2.45, 2.75) is 25.6 Å². The number of ether oxygens (including phenoxy) is 2. The number of carbonyl (C=O) groups excluding carboxylic acids is 3. The van der Waals surface area contributed by atoms with Crippen molar-refractivity contribution >= 4 is 29.0 Å². The number of esters is 2. The van der Waals surface area contributed by atoms with Gasteiger partial charge in [0, 0.05) is 12.3 Å². The number of aldehydes is 1. The molecular weight excluding hydrogens is 440 g/mol. The van der Waals surface area contributed by atoms with Gasteiger partial charge in [-0.05, 0) is 27.5 Å². The van der Waals surface area contributed by atoms with E-state index in [1.165, 1.54) is 0 Å². The summed E-state index contributed by atoms with van der Waals surface area (Å²) in [5.74, 6) is -3.43. The van der Waals surface area contributed by atoms with Crippen LogP contribution in [0.15, 0.2) is 103 Å². The Balaban J connectivity index is 1.62. The maximum absolute atomic E-state index is 13.3. The molecule has 0 fully saturated rings. The zero-order valence-electron chi connectivity index (χ0n) is 19.2. The van der Waals surface area contributed by atoms with Gasteiger partial charge in [0.15, 0.2) is 5.92 Å². The molecule has 0 aliphatic rings. The maximum atomic E-state index is 13.3. The van der Waals surface area contributed by atoms with E-state index >= 15 is 0 Å². The third-order valence-electron chi connectivity index (χ3n) is 5.91. The van der Waals surface area contributed by atoms with Crippen LogP contribution in [0.4, 0.5) is 0 Å². The molecule has 0 saturated carbocycles. The first kappa shape index (κ1) is 23.9. The quantitative estimate of drug-likeness (QED) is 0.172. The Labute approximate surface area is 204 Å². The Kier molecular flexibility index (Phi) is 8.02. The second kappa shape index (κ2) is 11.7. The molecule has 0 saturated heterocycles. The fourth-order valence-electron chi connectivity index (χ4n) is 4.07. The molecule has 0 N–H and O–H groups in total. The van der Waals surface area contributed by atoms with Crippen molar-refractivity contribution in [2.75, 3.05) is 0 Å². The number of hydrogen-bond donors (Lipinski definition) is 0. The first-order valence-corrected chi connectivity index (χ1v) is 11.5. The summed E-state index contributed by atoms with van der Waals surface area (Å²) in [6.45, 7) is 0.0430. The van der Waals surface area contributed by atoms with E-state index in [1.807, 2.05) is 103 Å². The second-order valence-electron chi connectivity index (χ2n) is 8.28. The van der Waals surface area contributed by atoms with E-state index in [-0.39, 0.29) is 19.6 Å². The van der Waals surface area contributed by atoms with Crippen LogP contribution in [-0.4, -0.2) is 18.2 Å². The first-order valence-electron chi connectivity index (χ1n) is 11.5. The van der Waals surface area contributed by atoms with Crippen LogP contribution in [0.3, 0.4) is 0 Å². The molecule has 5 heteroatoms. The van der Waals surface area contributed by atoms with Gasteiger partial charge < -0.3 is 14.3 Å². The maximum Gasteiger partial charge on any atom is 0.321 e. The van der Waals surface area contributed by atoms with Gasteiger partial charge in [0.25, 0.3) is 0 Å². The molecule has 0 heterocycles. The van der Waals surface area contributed by atoms with Crippen LogP contribution in [-0.2, 0) is 37.1 Å². The molecule has 176 valence electrons. The highest BCUT2D eigenvalue weighted by Gasteiger charge is 2.38. The Morgan fingerprint density at radius 1 is 0.657 bits per heavy atom. The molecule has 0 aromatic heterocycles. The van der Waals surface area contributed by atoms with Crippen molar-refractivity contribution in [1.82, 2.24) is 0 Å². The standard InChI is InChI=1S/C30H26O5/c31-18-17-27(26-16-15-24-13-7-8-14-25(24)19-26)28(29(32)34-20-22-9-3-1-4-10-22)30(33)35-21-23-11-5-2-6-12-23/h1-16,18-19,27-28H,17,20-21H2/t27-/m0/s1. The van der Waals surface area contributed by atoms with Crippen LogP contribution in [0.5, 0.6) is 0 Å². The van der Waals surface area contributed by atoms with Crippen LogP contribution >= 0.6 is 0 Å². The van der Waals surface area contributed by atoms with E-state index in [4.69, 9.17) is 9.47 Å². The molecule has 0 aliphatic carbocycles. The molecule has 0 spiro atoms. The smallest absolute Gasteiger partial charge is 0.321 e. The summed E-state index contributed by atoms with van der Waals surface area (Å²) in [6.07, 6.45) is 0.700. The topological polar surface area (TPSA) is 69.7 Å². The van der Waals surface area contributed by atoms with Gasteiger partial charge >= 0.3 is 11.9 Å². The van der Waals surface area contributed by atoms with Crippen molar-refractivity contribution in [3.05, 3.63) is 120 Å². The fraction of sp³-hybridized carbons (Fsp3) is 0.167. The summed E-state index contributed by atoms with van der Waals surface area (Å²) < 4.78 is 11.1. The van der Waals surface area contributed by atoms with Gasteiger partial charge in [0.1, 0.15) is 19.5 Å². The molecule has 4 aromatic carbocycles. The SMILES string of the molecule is O=CC[C@@H](c1ccc2ccccc2c1)C(C(=O)OCc1ccccc1)C(=O)OCc1ccccc1. The van der Waals surface area contributed by atoms with Gasteiger partial charge in [-0.2, -0.15) is 0 Å². The second-order valence-corrected chi connectivity index (χ2v) is 8.28. The van der Waals surface area contributed by atoms with Crippen molar-refractivity contribution in [3.63, 3.8) is 0 Å². The summed E-state index contributed by atoms with van der Waals surface area (Å²) in [4.78, 5) is 38.2. The van der Waals surface area contributed by atoms with Gasteiger partial charge in [-0.15, -0.1) is 0 Å². The van der Waals surface area contributed by atoms with Crippen molar-refractivity contribution in [1.29, 1.82) is 0 Å². The van der Waals surface area contributed by atoms with Gasteiger partial charge in [0.2, 0.25) is 0 Å². The summed E-state index contributed by atoms with van der Waals surface area (Å²) in [5.41, 5.74) is 2.30. The summed E-state index contributed by atoms with van der Waals surface area (Å²) in [6, 6.07) is 31.9. The summed E-state index contributed by atoms with van der Waals surface area (Å²) in [7, 11) is 0. The highest BCUT2D eigenvalue weighted by atomic mass is 16.6. The van der Waals surface area contributed by atoms with Crippen LogP contribution in [0.2, 0.25) is 0 Å². The molecule has 0 amide bonds. The predicted molar refractivity (Wildman–Crippen MR) is 133 cm³/mol. The van der Waals surface area contributed by atoms with Crippen LogP contribution < -0.4 is 0 Å². The summed E-state index contributed by atoms with van der Waals surface area (Å²) >= 11 is 0. The number of carbonyl (C=O) groups is 3. The highest BCUT2D eigenvalue weighted by Crippen LogP contribution is 2.32. The Hall–Kier alpha value is -4.25. The van der Waals surface area contributed by atoms with Gasteiger partial charge in [-0.3, -0.25) is 9.59 Å². The van der Waals surface area contributed by atoms with E-state index in [9.17, 15) is 14.4 Å². The Morgan fingerprint density at radius 3 is 1.71 bits per heavy atom. The molecule has 0 radical (unpaired) electrons. The number of benzene rings is 4. The number of hydrogen-bond acceptors (Lipinski definition) is 5. The minimum Gasteiger partial charge on any atom is -0.460 e. The van der Waals surface area contributed by atoms with E-state index in [2.05, 4.69) is 0 Å². The molecule has 0 unspecified atom stereocenters. The lowest BCUT2D eigenvalue weighted by atomic mass is 9.83. The third-order valence-corrected chi connectivity index (χ3v) is 5.91.